The molecule has 0 atom stereocenters. The van der Waals surface area contributed by atoms with E-state index < -0.39 is 0 Å². The topological polar surface area (TPSA) is 73.3 Å². The predicted octanol–water partition coefficient (Wildman–Crippen LogP) is 4.50. The molecule has 0 spiro atoms. The van der Waals surface area contributed by atoms with Crippen molar-refractivity contribution < 1.29 is 14.3 Å². The van der Waals surface area contributed by atoms with Crippen LogP contribution in [0, 0.1) is 6.92 Å². The molecule has 1 amide bonds. The molecule has 0 fully saturated rings. The molecule has 0 saturated carbocycles. The number of carbonyl (C=O) groups is 1. The molecule has 2 heterocycles. The van der Waals surface area contributed by atoms with Gasteiger partial charge in [-0.25, -0.2) is 4.98 Å². The Morgan fingerprint density at radius 3 is 2.86 bits per heavy atom. The maximum atomic E-state index is 12.2. The van der Waals surface area contributed by atoms with Crippen LogP contribution in [0.2, 0.25) is 5.02 Å². The Balaban J connectivity index is 1.55. The van der Waals surface area contributed by atoms with Crippen LogP contribution in [0.25, 0.3) is 0 Å². The van der Waals surface area contributed by atoms with Crippen LogP contribution in [0.4, 0.5) is 0 Å². The monoisotopic (exact) mass is 449 g/mol. The van der Waals surface area contributed by atoms with Crippen molar-refractivity contribution >= 4 is 40.6 Å². The number of carbonyl (C=O) groups excluding carboxylic acids is 1. The van der Waals surface area contributed by atoms with E-state index in [2.05, 4.69) is 15.3 Å². The summed E-state index contributed by atoms with van der Waals surface area (Å²) in [6.07, 6.45) is 1.60. The van der Waals surface area contributed by atoms with Gasteiger partial charge in [0.2, 0.25) is 0 Å². The lowest BCUT2D eigenvalue weighted by Gasteiger charge is -2.12. The van der Waals surface area contributed by atoms with Crippen LogP contribution in [-0.4, -0.2) is 29.6 Å². The maximum Gasteiger partial charge on any atom is 0.258 e. The first-order valence-electron chi connectivity index (χ1n) is 8.76. The zero-order valence-electron chi connectivity index (χ0n) is 16.0. The quantitative estimate of drug-likeness (QED) is 0.485. The number of ether oxygens (including phenoxy) is 2. The van der Waals surface area contributed by atoms with Crippen molar-refractivity contribution in [3.8, 4) is 11.5 Å². The molecule has 9 heteroatoms. The number of thiazole rings is 1. The minimum absolute atomic E-state index is 0.136. The molecule has 1 aromatic carbocycles. The van der Waals surface area contributed by atoms with E-state index in [1.165, 1.54) is 7.11 Å². The van der Waals surface area contributed by atoms with Crippen LogP contribution in [0.1, 0.15) is 17.0 Å². The van der Waals surface area contributed by atoms with Gasteiger partial charge in [0.25, 0.3) is 5.91 Å². The number of hydrogen-bond donors (Lipinski definition) is 1. The maximum absolute atomic E-state index is 12.2. The second-order valence-electron chi connectivity index (χ2n) is 6.03. The van der Waals surface area contributed by atoms with Gasteiger partial charge in [0.05, 0.1) is 19.0 Å². The second-order valence-corrected chi connectivity index (χ2v) is 8.51. The highest BCUT2D eigenvalue weighted by Gasteiger charge is 2.11. The van der Waals surface area contributed by atoms with E-state index in [9.17, 15) is 4.79 Å². The fraction of sp³-hybridized carbons (Fsp3) is 0.250. The summed E-state index contributed by atoms with van der Waals surface area (Å²) in [5.41, 5.74) is 2.67. The van der Waals surface area contributed by atoms with Crippen LogP contribution in [0.15, 0.2) is 46.2 Å². The highest BCUT2D eigenvalue weighted by Crippen LogP contribution is 2.30. The lowest BCUT2D eigenvalue weighted by Crippen LogP contribution is -2.28. The van der Waals surface area contributed by atoms with E-state index in [1.807, 2.05) is 30.5 Å². The molecule has 2 aromatic heterocycles. The summed E-state index contributed by atoms with van der Waals surface area (Å²) in [5, 5.41) is 5.42. The molecule has 0 aliphatic carbocycles. The Labute approximate surface area is 182 Å². The zero-order valence-corrected chi connectivity index (χ0v) is 18.4. The van der Waals surface area contributed by atoms with Gasteiger partial charge >= 0.3 is 0 Å². The van der Waals surface area contributed by atoms with Gasteiger partial charge in [-0.3, -0.25) is 9.78 Å². The molecule has 1 N–H and O–H groups in total. The molecule has 0 unspecified atom stereocenters. The average Bonchev–Trinajstić information content (AvgIpc) is 3.15. The number of nitrogens with one attached hydrogen (secondary N) is 1. The summed E-state index contributed by atoms with van der Waals surface area (Å²) >= 11 is 9.31. The van der Waals surface area contributed by atoms with E-state index in [4.69, 9.17) is 21.1 Å². The zero-order chi connectivity index (χ0) is 20.6. The Kier molecular flexibility index (Phi) is 7.74. The summed E-state index contributed by atoms with van der Waals surface area (Å²) in [7, 11) is 1.54. The van der Waals surface area contributed by atoms with Gasteiger partial charge in [-0.05, 0) is 18.6 Å². The van der Waals surface area contributed by atoms with Gasteiger partial charge in [0.15, 0.2) is 18.1 Å². The molecule has 0 saturated heterocycles. The summed E-state index contributed by atoms with van der Waals surface area (Å²) in [5.74, 6) is 1.34. The number of rotatable bonds is 9. The van der Waals surface area contributed by atoms with E-state index in [0.717, 1.165) is 21.3 Å². The van der Waals surface area contributed by atoms with Crippen LogP contribution in [0.3, 0.4) is 0 Å². The SMILES string of the molecule is COc1cnc(CSc2nc(C)cs2)cc1OCC(=O)NCc1ccccc1Cl. The Bertz CT molecular complexity index is 981. The van der Waals surface area contributed by atoms with E-state index in [1.54, 1.807) is 41.4 Å². The van der Waals surface area contributed by atoms with Crippen molar-refractivity contribution in [1.29, 1.82) is 0 Å². The van der Waals surface area contributed by atoms with Crippen LogP contribution < -0.4 is 14.8 Å². The summed E-state index contributed by atoms with van der Waals surface area (Å²) in [4.78, 5) is 21.0. The first kappa shape index (κ1) is 21.4. The molecule has 29 heavy (non-hydrogen) atoms. The number of aromatic nitrogens is 2. The number of methoxy groups -OCH3 is 1. The highest BCUT2D eigenvalue weighted by molar-refractivity contribution is 8.00. The normalized spacial score (nSPS) is 10.6. The molecule has 0 bridgehead atoms. The van der Waals surface area contributed by atoms with Crippen molar-refractivity contribution in [3.05, 3.63) is 63.9 Å². The summed E-state index contributed by atoms with van der Waals surface area (Å²) in [6, 6.07) is 9.15. The number of aryl methyl sites for hydroxylation is 1. The van der Waals surface area contributed by atoms with Gasteiger partial charge < -0.3 is 14.8 Å². The Hall–Kier alpha value is -2.29. The third-order valence-electron chi connectivity index (χ3n) is 3.84. The number of amides is 1. The molecule has 3 aromatic rings. The van der Waals surface area contributed by atoms with Crippen molar-refractivity contribution in [2.24, 2.45) is 0 Å². The van der Waals surface area contributed by atoms with Crippen LogP contribution in [-0.2, 0) is 17.1 Å². The molecule has 0 aliphatic rings. The molecule has 152 valence electrons. The van der Waals surface area contributed by atoms with E-state index in [-0.39, 0.29) is 12.5 Å². The Morgan fingerprint density at radius 1 is 1.31 bits per heavy atom. The molecular weight excluding hydrogens is 430 g/mol. The highest BCUT2D eigenvalue weighted by atomic mass is 35.5. The molecular formula is C20H20ClN3O3S2. The second kappa shape index (κ2) is 10.5. The largest absolute Gasteiger partial charge is 0.491 e. The van der Waals surface area contributed by atoms with E-state index >= 15 is 0 Å². The smallest absolute Gasteiger partial charge is 0.258 e. The third kappa shape index (κ3) is 6.35. The van der Waals surface area contributed by atoms with Gasteiger partial charge in [-0.2, -0.15) is 0 Å². The summed E-state index contributed by atoms with van der Waals surface area (Å²) < 4.78 is 12.0. The van der Waals surface area contributed by atoms with Crippen molar-refractivity contribution in [3.63, 3.8) is 0 Å². The van der Waals surface area contributed by atoms with Crippen molar-refractivity contribution in [2.45, 2.75) is 23.6 Å². The summed E-state index contributed by atoms with van der Waals surface area (Å²) in [6.45, 7) is 2.17. The standard InChI is InChI=1S/C20H20ClN3O3S2/c1-13-11-28-20(24-13)29-12-15-7-17(18(26-2)9-22-15)27-10-19(25)23-8-14-5-3-4-6-16(14)21/h3-7,9,11H,8,10,12H2,1-2H3,(H,23,25). The van der Waals surface area contributed by atoms with Crippen molar-refractivity contribution in [1.82, 2.24) is 15.3 Å². The first-order chi connectivity index (χ1) is 14.0. The molecule has 6 nitrogen and oxygen atoms in total. The fourth-order valence-corrected chi connectivity index (χ4v) is 4.33. The minimum atomic E-state index is -0.252. The van der Waals surface area contributed by atoms with Crippen LogP contribution in [0.5, 0.6) is 11.5 Å². The first-order valence-corrected chi connectivity index (χ1v) is 11.0. The number of thioether (sulfide) groups is 1. The van der Waals surface area contributed by atoms with Gasteiger partial charge in [-0.1, -0.05) is 41.6 Å². The van der Waals surface area contributed by atoms with Gasteiger partial charge in [-0.15, -0.1) is 11.3 Å². The fourth-order valence-electron chi connectivity index (χ4n) is 2.37. The third-order valence-corrected chi connectivity index (χ3v) is 6.38. The number of pyridine rings is 1. The number of hydrogen-bond acceptors (Lipinski definition) is 7. The Morgan fingerprint density at radius 2 is 2.14 bits per heavy atom. The lowest BCUT2D eigenvalue weighted by molar-refractivity contribution is -0.123. The van der Waals surface area contributed by atoms with Gasteiger partial charge in [0, 0.05) is 34.5 Å². The van der Waals surface area contributed by atoms with Crippen LogP contribution >= 0.6 is 34.7 Å². The van der Waals surface area contributed by atoms with Gasteiger partial charge in [0.1, 0.15) is 4.34 Å². The number of halogens is 1. The number of nitrogens with zero attached hydrogens (tertiary/aromatic N) is 2. The minimum Gasteiger partial charge on any atom is -0.491 e. The molecule has 3 rings (SSSR count). The lowest BCUT2D eigenvalue weighted by atomic mass is 10.2. The molecule has 0 radical (unpaired) electrons. The van der Waals surface area contributed by atoms with Crippen molar-refractivity contribution in [2.75, 3.05) is 13.7 Å². The molecule has 0 aliphatic heterocycles. The van der Waals surface area contributed by atoms with E-state index in [0.29, 0.717) is 28.8 Å². The average molecular weight is 450 g/mol. The predicted molar refractivity (Wildman–Crippen MR) is 116 cm³/mol. The number of benzene rings is 1.